The van der Waals surface area contributed by atoms with Crippen LogP contribution in [0, 0.1) is 0 Å². The van der Waals surface area contributed by atoms with Crippen molar-refractivity contribution in [3.05, 3.63) is 54.1 Å². The number of amides is 1. The quantitative estimate of drug-likeness (QED) is 0.534. The van der Waals surface area contributed by atoms with Crippen LogP contribution < -0.4 is 15.4 Å². The number of para-hydroxylation sites is 1. The third-order valence-corrected chi connectivity index (χ3v) is 8.71. The van der Waals surface area contributed by atoms with Crippen LogP contribution in [-0.2, 0) is 26.8 Å². The summed E-state index contributed by atoms with van der Waals surface area (Å²) >= 11 is 0. The van der Waals surface area contributed by atoms with Gasteiger partial charge in [-0.25, -0.2) is 0 Å². The number of hydrogen-bond donors (Lipinski definition) is 1. The number of nitrogens with two attached hydrogens (primary N) is 1. The van der Waals surface area contributed by atoms with Crippen molar-refractivity contribution in [1.29, 1.82) is 0 Å². The van der Waals surface area contributed by atoms with Crippen molar-refractivity contribution in [3.63, 3.8) is 0 Å². The normalized spacial score (nSPS) is 18.4. The smallest absolute Gasteiger partial charge is 0.236 e. The predicted octanol–water partition coefficient (Wildman–Crippen LogP) is 3.83. The lowest BCUT2D eigenvalue weighted by atomic mass is 9.98. The molecule has 1 saturated heterocycles. The van der Waals surface area contributed by atoms with Crippen LogP contribution in [0.4, 0.5) is 5.69 Å². The Labute approximate surface area is 198 Å². The summed E-state index contributed by atoms with van der Waals surface area (Å²) in [6.45, 7) is 3.69. The largest absolute Gasteiger partial charge is 0.494 e. The number of anilines is 1. The van der Waals surface area contributed by atoms with Gasteiger partial charge >= 0.3 is 0 Å². The number of hydrogen-bond acceptors (Lipinski definition) is 5. The fourth-order valence-electron chi connectivity index (χ4n) is 4.72. The van der Waals surface area contributed by atoms with Crippen molar-refractivity contribution in [2.24, 2.45) is 5.73 Å². The van der Waals surface area contributed by atoms with Crippen LogP contribution in [-0.4, -0.2) is 47.8 Å². The first-order valence-corrected chi connectivity index (χ1v) is 13.1. The second-order valence-corrected chi connectivity index (χ2v) is 10.6. The average molecular weight is 471 g/mol. The van der Waals surface area contributed by atoms with Crippen molar-refractivity contribution in [2.45, 2.75) is 54.6 Å². The van der Waals surface area contributed by atoms with Crippen LogP contribution in [0.5, 0.6) is 5.75 Å². The first-order chi connectivity index (χ1) is 16.1. The molecule has 178 valence electrons. The van der Waals surface area contributed by atoms with Crippen molar-refractivity contribution in [2.75, 3.05) is 37.8 Å². The number of fused-ring (bicyclic) bond motifs is 1. The summed E-state index contributed by atoms with van der Waals surface area (Å²) in [5.41, 5.74) is 8.50. The van der Waals surface area contributed by atoms with E-state index >= 15 is 0 Å². The first kappa shape index (κ1) is 23.8. The number of rotatable bonds is 10. The Morgan fingerprint density at radius 2 is 1.82 bits per heavy atom. The summed E-state index contributed by atoms with van der Waals surface area (Å²) in [5.74, 6) is 0.235. The molecular weight excluding hydrogens is 436 g/mol. The zero-order valence-electron chi connectivity index (χ0n) is 19.2. The number of carbonyl (C=O) groups is 1. The van der Waals surface area contributed by atoms with E-state index in [0.29, 0.717) is 37.6 Å². The van der Waals surface area contributed by atoms with E-state index < -0.39 is 21.5 Å². The highest BCUT2D eigenvalue weighted by molar-refractivity contribution is 7.87. The predicted molar refractivity (Wildman–Crippen MR) is 131 cm³/mol. The number of aryl methyl sites for hydroxylation is 1. The summed E-state index contributed by atoms with van der Waals surface area (Å²) in [5, 5.41) is 0. The Balaban J connectivity index is 1.20. The maximum atomic E-state index is 13.1. The molecule has 1 unspecified atom stereocenters. The Bertz CT molecular complexity index is 957. The zero-order valence-corrected chi connectivity index (χ0v) is 20.0. The monoisotopic (exact) mass is 470 g/mol. The van der Waals surface area contributed by atoms with E-state index in [-0.39, 0.29) is 0 Å². The van der Waals surface area contributed by atoms with E-state index in [1.165, 1.54) is 24.1 Å². The lowest BCUT2D eigenvalue weighted by Gasteiger charge is -2.33. The van der Waals surface area contributed by atoms with Crippen LogP contribution in [0.15, 0.2) is 53.4 Å². The molecule has 2 aliphatic rings. The van der Waals surface area contributed by atoms with E-state index in [2.05, 4.69) is 29.2 Å². The highest BCUT2D eigenvalue weighted by Gasteiger charge is 2.45. The molecule has 0 aromatic heterocycles. The van der Waals surface area contributed by atoms with Gasteiger partial charge in [-0.1, -0.05) is 18.2 Å². The molecule has 0 aliphatic carbocycles. The Morgan fingerprint density at radius 1 is 1.06 bits per heavy atom. The molecule has 0 spiro atoms. The molecule has 2 heterocycles. The summed E-state index contributed by atoms with van der Waals surface area (Å²) in [6.07, 6.45) is 6.44. The second kappa shape index (κ2) is 11.2. The van der Waals surface area contributed by atoms with Crippen molar-refractivity contribution < 1.29 is 18.5 Å². The molecule has 4 rings (SSSR count). The molecule has 0 saturated carbocycles. The van der Waals surface area contributed by atoms with Gasteiger partial charge in [0.15, 0.2) is 0 Å². The average Bonchev–Trinajstić information content (AvgIpc) is 2.86. The van der Waals surface area contributed by atoms with Gasteiger partial charge in [0.1, 0.15) is 10.5 Å². The highest BCUT2D eigenvalue weighted by Crippen LogP contribution is 2.32. The standard InChI is InChI=1S/C26H34N2O4S/c27-25(29)26(14-19-31-20-15-26)33(30)23-12-10-22(11-13-23)32-18-5-1-4-16-28-17-6-8-21-7-2-3-9-24(21)28/h2-3,7,9-13H,1,4-6,8,14-20H2,(H2,27,29). The van der Waals surface area contributed by atoms with Gasteiger partial charge < -0.3 is 20.1 Å². The fraction of sp³-hybridized carbons (Fsp3) is 0.500. The molecule has 2 aromatic carbocycles. The van der Waals surface area contributed by atoms with Gasteiger partial charge in [-0.05, 0) is 80.8 Å². The van der Waals surface area contributed by atoms with E-state index in [1.807, 2.05) is 12.1 Å². The van der Waals surface area contributed by atoms with Crippen molar-refractivity contribution >= 4 is 22.4 Å². The van der Waals surface area contributed by atoms with Crippen LogP contribution in [0.1, 0.15) is 44.1 Å². The van der Waals surface area contributed by atoms with E-state index in [1.54, 1.807) is 12.1 Å². The molecule has 2 N–H and O–H groups in total. The number of nitrogens with zero attached hydrogens (tertiary/aromatic N) is 1. The number of unbranched alkanes of at least 4 members (excludes halogenated alkanes) is 2. The maximum Gasteiger partial charge on any atom is 0.236 e. The molecule has 6 nitrogen and oxygen atoms in total. The van der Waals surface area contributed by atoms with Crippen LogP contribution in [0.25, 0.3) is 0 Å². The summed E-state index contributed by atoms with van der Waals surface area (Å²) in [7, 11) is -1.51. The third kappa shape index (κ3) is 5.58. The summed E-state index contributed by atoms with van der Waals surface area (Å²) in [4.78, 5) is 15.2. The minimum absolute atomic E-state index is 0.385. The zero-order chi connectivity index (χ0) is 23.1. The van der Waals surface area contributed by atoms with E-state index in [4.69, 9.17) is 15.2 Å². The fourth-order valence-corrected chi connectivity index (χ4v) is 6.28. The van der Waals surface area contributed by atoms with Crippen molar-refractivity contribution in [3.8, 4) is 5.75 Å². The maximum absolute atomic E-state index is 13.1. The van der Waals surface area contributed by atoms with E-state index in [9.17, 15) is 9.00 Å². The van der Waals surface area contributed by atoms with Crippen molar-refractivity contribution in [1.82, 2.24) is 0 Å². The molecule has 33 heavy (non-hydrogen) atoms. The second-order valence-electron chi connectivity index (χ2n) is 8.84. The van der Waals surface area contributed by atoms with Crippen LogP contribution in [0.2, 0.25) is 0 Å². The van der Waals surface area contributed by atoms with Crippen LogP contribution in [0.3, 0.4) is 0 Å². The lowest BCUT2D eigenvalue weighted by molar-refractivity contribution is -0.122. The van der Waals surface area contributed by atoms with Gasteiger partial charge in [0.05, 0.1) is 17.4 Å². The van der Waals surface area contributed by atoms with Gasteiger partial charge in [0.2, 0.25) is 5.91 Å². The number of primary amides is 1. The minimum atomic E-state index is -1.51. The molecule has 2 aliphatic heterocycles. The van der Waals surface area contributed by atoms with Crippen LogP contribution >= 0.6 is 0 Å². The molecule has 1 atom stereocenters. The molecule has 1 amide bonds. The highest BCUT2D eigenvalue weighted by atomic mass is 32.2. The first-order valence-electron chi connectivity index (χ1n) is 12.0. The Kier molecular flexibility index (Phi) is 8.04. The van der Waals surface area contributed by atoms with E-state index in [0.717, 1.165) is 38.1 Å². The number of benzene rings is 2. The van der Waals surface area contributed by atoms with Gasteiger partial charge in [-0.2, -0.15) is 0 Å². The SMILES string of the molecule is NC(=O)C1(S(=O)c2ccc(OCCCCCN3CCCc4ccccc43)cc2)CCOCC1. The van der Waals surface area contributed by atoms with Gasteiger partial charge in [-0.15, -0.1) is 0 Å². The van der Waals surface area contributed by atoms with Gasteiger partial charge in [-0.3, -0.25) is 9.00 Å². The summed E-state index contributed by atoms with van der Waals surface area (Å²) in [6, 6.07) is 15.9. The Hall–Kier alpha value is -2.38. The minimum Gasteiger partial charge on any atom is -0.494 e. The molecule has 2 aromatic rings. The molecular formula is C26H34N2O4S. The molecule has 1 fully saturated rings. The van der Waals surface area contributed by atoms with Gasteiger partial charge in [0.25, 0.3) is 0 Å². The molecule has 0 radical (unpaired) electrons. The molecule has 7 heteroatoms. The Morgan fingerprint density at radius 3 is 2.58 bits per heavy atom. The van der Waals surface area contributed by atoms with Gasteiger partial charge in [0, 0.05) is 36.9 Å². The molecule has 0 bridgehead atoms. The number of ether oxygens (including phenoxy) is 2. The third-order valence-electron chi connectivity index (χ3n) is 6.69. The number of carbonyl (C=O) groups excluding carboxylic acids is 1. The summed E-state index contributed by atoms with van der Waals surface area (Å²) < 4.78 is 23.3. The topological polar surface area (TPSA) is 81.9 Å². The lowest BCUT2D eigenvalue weighted by Crippen LogP contribution is -2.51.